The fourth-order valence-corrected chi connectivity index (χ4v) is 6.00. The third kappa shape index (κ3) is 3.30. The highest BCUT2D eigenvalue weighted by molar-refractivity contribution is 7.92. The van der Waals surface area contributed by atoms with Crippen LogP contribution in [0.25, 0.3) is 0 Å². The summed E-state index contributed by atoms with van der Waals surface area (Å²) in [7, 11) is -7.41. The fourth-order valence-electron chi connectivity index (χ4n) is 2.16. The molecule has 112 valence electrons. The average molecular weight is 342 g/mol. The second kappa shape index (κ2) is 4.94. The molecule has 0 saturated carbocycles. The standard InChI is InChI=1S/C11H13ClFNO4S2/c1-11(4-5-19(15,16)7-11)14-20(17,18)10-3-2-8(12)6-9(10)13/h2-3,6,14H,4-5,7H2,1H3/t11-/m1/s1. The van der Waals surface area contributed by atoms with E-state index in [0.29, 0.717) is 0 Å². The highest BCUT2D eigenvalue weighted by Gasteiger charge is 2.41. The zero-order valence-corrected chi connectivity index (χ0v) is 12.9. The zero-order chi connectivity index (χ0) is 15.2. The highest BCUT2D eigenvalue weighted by Crippen LogP contribution is 2.26. The molecule has 0 unspecified atom stereocenters. The molecule has 1 aliphatic rings. The molecule has 0 aliphatic carbocycles. The predicted octanol–water partition coefficient (Wildman–Crippen LogP) is 1.33. The van der Waals surface area contributed by atoms with Crippen LogP contribution in [0, 0.1) is 5.82 Å². The smallest absolute Gasteiger partial charge is 0.229 e. The molecular formula is C11H13ClFNO4S2. The Morgan fingerprint density at radius 1 is 1.40 bits per heavy atom. The van der Waals surface area contributed by atoms with Gasteiger partial charge in [-0.05, 0) is 31.5 Å². The van der Waals surface area contributed by atoms with E-state index < -0.39 is 36.1 Å². The summed E-state index contributed by atoms with van der Waals surface area (Å²) in [5.74, 6) is -1.36. The molecule has 1 atom stereocenters. The van der Waals surface area contributed by atoms with Crippen molar-refractivity contribution in [2.45, 2.75) is 23.8 Å². The summed E-state index contributed by atoms with van der Waals surface area (Å²) in [6, 6.07) is 3.20. The summed E-state index contributed by atoms with van der Waals surface area (Å²) in [4.78, 5) is -0.549. The van der Waals surface area contributed by atoms with Gasteiger partial charge >= 0.3 is 0 Å². The minimum atomic E-state index is -4.15. The van der Waals surface area contributed by atoms with E-state index in [1.165, 1.54) is 13.0 Å². The number of halogens is 2. The maximum atomic E-state index is 13.7. The number of benzene rings is 1. The molecule has 1 aromatic rings. The number of sulfonamides is 1. The first-order chi connectivity index (χ1) is 9.03. The van der Waals surface area contributed by atoms with Crippen molar-refractivity contribution < 1.29 is 21.2 Å². The second-order valence-electron chi connectivity index (χ2n) is 5.08. The van der Waals surface area contributed by atoms with Crippen LogP contribution in [0.4, 0.5) is 4.39 Å². The number of sulfone groups is 1. The lowest BCUT2D eigenvalue weighted by atomic mass is 10.0. The topological polar surface area (TPSA) is 80.3 Å². The van der Waals surface area contributed by atoms with Gasteiger partial charge in [0, 0.05) is 10.6 Å². The Morgan fingerprint density at radius 3 is 2.55 bits per heavy atom. The van der Waals surface area contributed by atoms with Crippen LogP contribution in [0.3, 0.4) is 0 Å². The summed E-state index contributed by atoms with van der Waals surface area (Å²) in [5.41, 5.74) is -1.12. The first kappa shape index (κ1) is 15.7. The average Bonchev–Trinajstić information content (AvgIpc) is 2.50. The zero-order valence-electron chi connectivity index (χ0n) is 10.6. The van der Waals surface area contributed by atoms with Crippen LogP contribution < -0.4 is 4.72 Å². The van der Waals surface area contributed by atoms with Gasteiger partial charge in [-0.15, -0.1) is 0 Å². The van der Waals surface area contributed by atoms with E-state index in [4.69, 9.17) is 11.6 Å². The number of rotatable bonds is 3. The van der Waals surface area contributed by atoms with Gasteiger partial charge in [0.2, 0.25) is 10.0 Å². The molecule has 0 spiro atoms. The van der Waals surface area contributed by atoms with Gasteiger partial charge in [0.25, 0.3) is 0 Å². The molecular weight excluding hydrogens is 329 g/mol. The van der Waals surface area contributed by atoms with E-state index in [0.717, 1.165) is 12.1 Å². The summed E-state index contributed by atoms with van der Waals surface area (Å²) in [5, 5.41) is 0.0797. The van der Waals surface area contributed by atoms with Gasteiger partial charge in [-0.25, -0.2) is 25.9 Å². The second-order valence-corrected chi connectivity index (χ2v) is 9.35. The maximum absolute atomic E-state index is 13.7. The first-order valence-corrected chi connectivity index (χ1v) is 9.41. The highest BCUT2D eigenvalue weighted by atomic mass is 35.5. The molecule has 2 rings (SSSR count). The lowest BCUT2D eigenvalue weighted by Gasteiger charge is -2.23. The predicted molar refractivity (Wildman–Crippen MR) is 73.4 cm³/mol. The summed E-state index contributed by atoms with van der Waals surface area (Å²) >= 11 is 5.57. The van der Waals surface area contributed by atoms with Gasteiger partial charge in [0.05, 0.1) is 11.5 Å². The molecule has 0 radical (unpaired) electrons. The molecule has 0 amide bonds. The molecule has 5 nitrogen and oxygen atoms in total. The van der Waals surface area contributed by atoms with E-state index in [1.807, 2.05) is 0 Å². The Morgan fingerprint density at radius 2 is 2.05 bits per heavy atom. The number of nitrogens with one attached hydrogen (secondary N) is 1. The Balaban J connectivity index is 2.33. The van der Waals surface area contributed by atoms with Crippen LogP contribution in [0.15, 0.2) is 23.1 Å². The summed E-state index contributed by atoms with van der Waals surface area (Å²) < 4.78 is 63.2. The number of hydrogen-bond acceptors (Lipinski definition) is 4. The van der Waals surface area contributed by atoms with Crippen LogP contribution in [-0.2, 0) is 19.9 Å². The van der Waals surface area contributed by atoms with Crippen molar-refractivity contribution in [2.75, 3.05) is 11.5 Å². The van der Waals surface area contributed by atoms with Crippen molar-refractivity contribution in [1.29, 1.82) is 0 Å². The monoisotopic (exact) mass is 341 g/mol. The molecule has 1 fully saturated rings. The first-order valence-electron chi connectivity index (χ1n) is 5.73. The van der Waals surface area contributed by atoms with E-state index in [-0.39, 0.29) is 22.9 Å². The van der Waals surface area contributed by atoms with Crippen molar-refractivity contribution in [3.05, 3.63) is 29.0 Å². The molecule has 20 heavy (non-hydrogen) atoms. The van der Waals surface area contributed by atoms with Crippen LogP contribution in [-0.4, -0.2) is 33.9 Å². The third-order valence-corrected chi connectivity index (χ3v) is 6.88. The van der Waals surface area contributed by atoms with Crippen molar-refractivity contribution in [1.82, 2.24) is 4.72 Å². The van der Waals surface area contributed by atoms with Gasteiger partial charge in [0.1, 0.15) is 10.7 Å². The van der Waals surface area contributed by atoms with E-state index in [2.05, 4.69) is 4.72 Å². The van der Waals surface area contributed by atoms with Gasteiger partial charge in [-0.1, -0.05) is 11.6 Å². The lowest BCUT2D eigenvalue weighted by Crippen LogP contribution is -2.46. The Bertz CT molecular complexity index is 748. The molecule has 9 heteroatoms. The Labute approximate surface area is 122 Å². The van der Waals surface area contributed by atoms with Gasteiger partial charge < -0.3 is 0 Å². The molecule has 1 aromatic carbocycles. The van der Waals surface area contributed by atoms with Gasteiger partial charge in [-0.2, -0.15) is 0 Å². The van der Waals surface area contributed by atoms with Crippen LogP contribution in [0.1, 0.15) is 13.3 Å². The minimum absolute atomic E-state index is 0.0797. The van der Waals surface area contributed by atoms with Crippen molar-refractivity contribution >= 4 is 31.5 Å². The van der Waals surface area contributed by atoms with Crippen LogP contribution >= 0.6 is 11.6 Å². The quantitative estimate of drug-likeness (QED) is 0.899. The van der Waals surface area contributed by atoms with Crippen molar-refractivity contribution in [3.63, 3.8) is 0 Å². The van der Waals surface area contributed by atoms with E-state index in [9.17, 15) is 21.2 Å². The molecule has 1 N–H and O–H groups in total. The summed E-state index contributed by atoms with van der Waals surface area (Å²) in [6.07, 6.45) is 0.157. The maximum Gasteiger partial charge on any atom is 0.244 e. The lowest BCUT2D eigenvalue weighted by molar-refractivity contribution is 0.458. The normalized spacial score (nSPS) is 25.8. The van der Waals surface area contributed by atoms with E-state index in [1.54, 1.807) is 0 Å². The third-order valence-electron chi connectivity index (χ3n) is 3.07. The van der Waals surface area contributed by atoms with Crippen molar-refractivity contribution in [2.24, 2.45) is 0 Å². The van der Waals surface area contributed by atoms with Crippen LogP contribution in [0.2, 0.25) is 5.02 Å². The van der Waals surface area contributed by atoms with Crippen LogP contribution in [0.5, 0.6) is 0 Å². The molecule has 0 aromatic heterocycles. The Hall–Kier alpha value is -0.700. The summed E-state index contributed by atoms with van der Waals surface area (Å²) in [6.45, 7) is 1.49. The number of hydrogen-bond donors (Lipinski definition) is 1. The fraction of sp³-hybridized carbons (Fsp3) is 0.455. The molecule has 0 bridgehead atoms. The van der Waals surface area contributed by atoms with E-state index >= 15 is 0 Å². The SMILES string of the molecule is C[C@@]1(NS(=O)(=O)c2ccc(Cl)cc2F)CCS(=O)(=O)C1. The Kier molecular flexibility index (Phi) is 3.87. The largest absolute Gasteiger partial charge is 0.244 e. The minimum Gasteiger partial charge on any atom is -0.229 e. The molecule has 1 heterocycles. The van der Waals surface area contributed by atoms with Gasteiger partial charge in [0.15, 0.2) is 9.84 Å². The molecule has 1 saturated heterocycles. The van der Waals surface area contributed by atoms with Crippen molar-refractivity contribution in [3.8, 4) is 0 Å². The van der Waals surface area contributed by atoms with Gasteiger partial charge in [-0.3, -0.25) is 0 Å². The molecule has 1 aliphatic heterocycles.